The number of benzene rings is 1. The second-order valence-corrected chi connectivity index (χ2v) is 3.39. The van der Waals surface area contributed by atoms with Gasteiger partial charge in [-0.3, -0.25) is 0 Å². The molecule has 0 aliphatic carbocycles. The smallest absolute Gasteiger partial charge is 0.0675 e. The van der Waals surface area contributed by atoms with Gasteiger partial charge in [0.05, 0.1) is 5.69 Å². The summed E-state index contributed by atoms with van der Waals surface area (Å²) in [6, 6.07) is 11.6. The summed E-state index contributed by atoms with van der Waals surface area (Å²) in [7, 11) is 0. The van der Waals surface area contributed by atoms with Gasteiger partial charge in [-0.25, -0.2) is 0 Å². The van der Waals surface area contributed by atoms with Crippen LogP contribution in [0.4, 0.5) is 0 Å². The van der Waals surface area contributed by atoms with Crippen LogP contribution in [0.5, 0.6) is 0 Å². The van der Waals surface area contributed by atoms with Crippen molar-refractivity contribution in [1.82, 2.24) is 10.2 Å². The molecule has 2 nitrogen and oxygen atoms in total. The molecule has 0 unspecified atom stereocenters. The lowest BCUT2D eigenvalue weighted by molar-refractivity contribution is 0.937. The van der Waals surface area contributed by atoms with E-state index in [9.17, 15) is 0 Å². The summed E-state index contributed by atoms with van der Waals surface area (Å²) >= 11 is 6.03. The van der Waals surface area contributed by atoms with Gasteiger partial charge < -0.3 is 0 Å². The number of aromatic nitrogens is 2. The molecule has 1 heterocycles. The molecular weight excluding hydrogens is 196 g/mol. The Bertz CT molecular complexity index is 415. The minimum absolute atomic E-state index is 0.730. The Morgan fingerprint density at radius 2 is 1.93 bits per heavy atom. The lowest BCUT2D eigenvalue weighted by Gasteiger charge is -2.01. The molecule has 0 spiro atoms. The summed E-state index contributed by atoms with van der Waals surface area (Å²) in [5.41, 5.74) is 2.01. The number of nitrogens with zero attached hydrogens (tertiary/aromatic N) is 2. The standard InChI is InChI=1S/C11H9ClN2/c12-11-6-2-1-4-9(11)8-10-5-3-7-13-14-10/h1-7H,8H2. The van der Waals surface area contributed by atoms with Crippen molar-refractivity contribution >= 4 is 11.6 Å². The SMILES string of the molecule is Clc1ccccc1Cc1cccnn1. The highest BCUT2D eigenvalue weighted by molar-refractivity contribution is 6.31. The van der Waals surface area contributed by atoms with Crippen molar-refractivity contribution in [3.05, 3.63) is 58.9 Å². The molecule has 0 amide bonds. The predicted molar refractivity (Wildman–Crippen MR) is 56.3 cm³/mol. The van der Waals surface area contributed by atoms with E-state index in [4.69, 9.17) is 11.6 Å². The van der Waals surface area contributed by atoms with Gasteiger partial charge in [-0.2, -0.15) is 10.2 Å². The maximum absolute atomic E-state index is 6.03. The van der Waals surface area contributed by atoms with Crippen molar-refractivity contribution in [1.29, 1.82) is 0 Å². The summed E-state index contributed by atoms with van der Waals surface area (Å²) in [5, 5.41) is 8.60. The van der Waals surface area contributed by atoms with Crippen LogP contribution in [0.15, 0.2) is 42.6 Å². The summed E-state index contributed by atoms with van der Waals surface area (Å²) in [4.78, 5) is 0. The molecule has 2 aromatic rings. The lowest BCUT2D eigenvalue weighted by Crippen LogP contribution is -1.93. The van der Waals surface area contributed by atoms with Crippen LogP contribution < -0.4 is 0 Å². The lowest BCUT2D eigenvalue weighted by atomic mass is 10.1. The molecule has 0 aliphatic rings. The zero-order valence-corrected chi connectivity index (χ0v) is 8.28. The first-order valence-electron chi connectivity index (χ1n) is 4.36. The van der Waals surface area contributed by atoms with Crippen molar-refractivity contribution in [2.45, 2.75) is 6.42 Å². The topological polar surface area (TPSA) is 25.8 Å². The zero-order chi connectivity index (χ0) is 9.80. The van der Waals surface area contributed by atoms with Crippen molar-refractivity contribution in [2.75, 3.05) is 0 Å². The van der Waals surface area contributed by atoms with Gasteiger partial charge in [0.15, 0.2) is 0 Å². The molecule has 14 heavy (non-hydrogen) atoms. The van der Waals surface area contributed by atoms with Crippen LogP contribution in [0.3, 0.4) is 0 Å². The molecule has 0 fully saturated rings. The molecule has 70 valence electrons. The van der Waals surface area contributed by atoms with Crippen molar-refractivity contribution in [3.63, 3.8) is 0 Å². The van der Waals surface area contributed by atoms with Crippen molar-refractivity contribution in [3.8, 4) is 0 Å². The summed E-state index contributed by atoms with van der Waals surface area (Å²) in [6.07, 6.45) is 2.39. The predicted octanol–water partition coefficient (Wildman–Crippen LogP) is 2.72. The van der Waals surface area contributed by atoms with Crippen molar-refractivity contribution in [2.24, 2.45) is 0 Å². The van der Waals surface area contributed by atoms with E-state index in [1.807, 2.05) is 36.4 Å². The van der Waals surface area contributed by atoms with Crippen LogP contribution in [0, 0.1) is 0 Å². The molecule has 1 aromatic heterocycles. The molecule has 1 aromatic carbocycles. The van der Waals surface area contributed by atoms with Gasteiger partial charge in [0.2, 0.25) is 0 Å². The highest BCUT2D eigenvalue weighted by Gasteiger charge is 2.00. The van der Waals surface area contributed by atoms with E-state index in [0.717, 1.165) is 22.7 Å². The molecule has 2 rings (SSSR count). The molecule has 3 heteroatoms. The van der Waals surface area contributed by atoms with Gasteiger partial charge in [-0.05, 0) is 23.8 Å². The van der Waals surface area contributed by atoms with Gasteiger partial charge in [0.1, 0.15) is 0 Å². The van der Waals surface area contributed by atoms with Crippen LogP contribution in [0.1, 0.15) is 11.3 Å². The Morgan fingerprint density at radius 1 is 1.07 bits per heavy atom. The molecule has 0 saturated heterocycles. The fraction of sp³-hybridized carbons (Fsp3) is 0.0909. The minimum atomic E-state index is 0.730. The Morgan fingerprint density at radius 3 is 2.64 bits per heavy atom. The van der Waals surface area contributed by atoms with Gasteiger partial charge >= 0.3 is 0 Å². The van der Waals surface area contributed by atoms with Gasteiger partial charge in [-0.15, -0.1) is 0 Å². The van der Waals surface area contributed by atoms with E-state index in [2.05, 4.69) is 10.2 Å². The highest BCUT2D eigenvalue weighted by atomic mass is 35.5. The fourth-order valence-corrected chi connectivity index (χ4v) is 1.47. The number of halogens is 1. The summed E-state index contributed by atoms with van der Waals surface area (Å²) in [6.45, 7) is 0. The monoisotopic (exact) mass is 204 g/mol. The molecule has 0 aliphatic heterocycles. The first-order chi connectivity index (χ1) is 6.86. The van der Waals surface area contributed by atoms with Crippen LogP contribution in [-0.4, -0.2) is 10.2 Å². The van der Waals surface area contributed by atoms with Crippen LogP contribution in [0.2, 0.25) is 5.02 Å². The average Bonchev–Trinajstić information content (AvgIpc) is 2.23. The molecule has 0 N–H and O–H groups in total. The van der Waals surface area contributed by atoms with E-state index in [-0.39, 0.29) is 0 Å². The molecule has 0 atom stereocenters. The Hall–Kier alpha value is -1.41. The zero-order valence-electron chi connectivity index (χ0n) is 7.52. The third-order valence-corrected chi connectivity index (χ3v) is 2.33. The second-order valence-electron chi connectivity index (χ2n) is 2.98. The number of hydrogen-bond acceptors (Lipinski definition) is 2. The summed E-state index contributed by atoms with van der Waals surface area (Å²) < 4.78 is 0. The van der Waals surface area contributed by atoms with Crippen LogP contribution in [0.25, 0.3) is 0 Å². The van der Waals surface area contributed by atoms with E-state index in [1.165, 1.54) is 0 Å². The maximum Gasteiger partial charge on any atom is 0.0675 e. The molecule has 0 radical (unpaired) electrons. The van der Waals surface area contributed by atoms with E-state index < -0.39 is 0 Å². The van der Waals surface area contributed by atoms with Crippen molar-refractivity contribution < 1.29 is 0 Å². The Labute approximate surface area is 87.6 Å². The minimum Gasteiger partial charge on any atom is -0.159 e. The third kappa shape index (κ3) is 2.09. The van der Waals surface area contributed by atoms with E-state index in [1.54, 1.807) is 6.20 Å². The van der Waals surface area contributed by atoms with E-state index >= 15 is 0 Å². The maximum atomic E-state index is 6.03. The average molecular weight is 205 g/mol. The van der Waals surface area contributed by atoms with Crippen LogP contribution in [-0.2, 0) is 6.42 Å². The third-order valence-electron chi connectivity index (χ3n) is 1.96. The first-order valence-corrected chi connectivity index (χ1v) is 4.74. The van der Waals surface area contributed by atoms with E-state index in [0.29, 0.717) is 0 Å². The number of rotatable bonds is 2. The fourth-order valence-electron chi connectivity index (χ4n) is 1.26. The Balaban J connectivity index is 2.24. The molecule has 0 saturated carbocycles. The first kappa shape index (κ1) is 9.16. The molecule has 0 bridgehead atoms. The molecular formula is C11H9ClN2. The summed E-state index contributed by atoms with van der Waals surface area (Å²) in [5.74, 6) is 0. The quantitative estimate of drug-likeness (QED) is 0.752. The van der Waals surface area contributed by atoms with Crippen LogP contribution >= 0.6 is 11.6 Å². The second kappa shape index (κ2) is 4.20. The van der Waals surface area contributed by atoms with Gasteiger partial charge in [0.25, 0.3) is 0 Å². The Kier molecular flexibility index (Phi) is 2.75. The van der Waals surface area contributed by atoms with Gasteiger partial charge in [-0.1, -0.05) is 29.8 Å². The normalized spacial score (nSPS) is 10.1. The highest BCUT2D eigenvalue weighted by Crippen LogP contribution is 2.17. The number of hydrogen-bond donors (Lipinski definition) is 0. The van der Waals surface area contributed by atoms with Gasteiger partial charge in [0, 0.05) is 17.6 Å². The largest absolute Gasteiger partial charge is 0.159 e.